The maximum Gasteiger partial charge on any atom is 0.217 e. The van der Waals surface area contributed by atoms with Crippen molar-refractivity contribution in [1.82, 2.24) is 0 Å². The lowest BCUT2D eigenvalue weighted by Crippen LogP contribution is -2.40. The van der Waals surface area contributed by atoms with Gasteiger partial charge in [-0.3, -0.25) is 4.18 Å². The van der Waals surface area contributed by atoms with Crippen molar-refractivity contribution >= 4 is 10.4 Å². The first kappa shape index (κ1) is 31.0. The zero-order chi connectivity index (χ0) is 22.1. The second-order valence-electron chi connectivity index (χ2n) is 7.95. The Morgan fingerprint density at radius 2 is 0.793 bits per heavy atom. The maximum atomic E-state index is 10.3. The van der Waals surface area contributed by atoms with Gasteiger partial charge >= 0.3 is 0 Å². The van der Waals surface area contributed by atoms with Crippen molar-refractivity contribution in [1.29, 1.82) is 0 Å². The van der Waals surface area contributed by atoms with Crippen LogP contribution in [0.25, 0.3) is 0 Å². The molecule has 0 atom stereocenters. The number of hydrogen-bond donors (Lipinski definition) is 1. The van der Waals surface area contributed by atoms with Crippen LogP contribution in [0, 0.1) is 0 Å². The first-order valence-electron chi connectivity index (χ1n) is 12.4. The molecule has 0 aliphatic carbocycles. The van der Waals surface area contributed by atoms with Crippen molar-refractivity contribution in [3.63, 3.8) is 0 Å². The SMILES string of the molecule is CCCCCCCCCCCCCCCCCCCCCCOS(=O)(=O)[O-].C[NH3+]. The summed E-state index contributed by atoms with van der Waals surface area (Å²) in [7, 11) is -2.75. The van der Waals surface area contributed by atoms with Crippen LogP contribution in [-0.4, -0.2) is 26.6 Å². The molecule has 0 aromatic carbocycles. The zero-order valence-electron chi connectivity index (χ0n) is 19.6. The second-order valence-corrected chi connectivity index (χ2v) is 9.00. The molecule has 178 valence electrons. The molecule has 0 amide bonds. The van der Waals surface area contributed by atoms with Crippen molar-refractivity contribution in [2.75, 3.05) is 13.7 Å². The highest BCUT2D eigenvalue weighted by molar-refractivity contribution is 7.80. The largest absolute Gasteiger partial charge is 0.726 e. The van der Waals surface area contributed by atoms with Gasteiger partial charge in [0.2, 0.25) is 10.4 Å². The summed E-state index contributed by atoms with van der Waals surface area (Å²) in [6.45, 7) is 2.31. The average Bonchev–Trinajstić information content (AvgIpc) is 2.70. The van der Waals surface area contributed by atoms with Crippen LogP contribution in [0.1, 0.15) is 135 Å². The van der Waals surface area contributed by atoms with Gasteiger partial charge in [-0.05, 0) is 6.42 Å². The van der Waals surface area contributed by atoms with Gasteiger partial charge in [-0.2, -0.15) is 0 Å². The molecular formula is C23H51NO4S. The van der Waals surface area contributed by atoms with E-state index in [4.69, 9.17) is 0 Å². The predicted molar refractivity (Wildman–Crippen MR) is 122 cm³/mol. The fraction of sp³-hybridized carbons (Fsp3) is 1.00. The zero-order valence-corrected chi connectivity index (χ0v) is 20.4. The summed E-state index contributed by atoms with van der Waals surface area (Å²) in [4.78, 5) is 0. The predicted octanol–water partition coefficient (Wildman–Crippen LogP) is 6.14. The first-order valence-corrected chi connectivity index (χ1v) is 13.7. The topological polar surface area (TPSA) is 94.1 Å². The summed E-state index contributed by atoms with van der Waals surface area (Å²) < 4.78 is 34.9. The van der Waals surface area contributed by atoms with E-state index < -0.39 is 10.4 Å². The van der Waals surface area contributed by atoms with Gasteiger partial charge in [0.1, 0.15) is 0 Å². The van der Waals surface area contributed by atoms with Gasteiger partial charge in [-0.15, -0.1) is 0 Å². The van der Waals surface area contributed by atoms with Crippen LogP contribution in [0.2, 0.25) is 0 Å². The highest BCUT2D eigenvalue weighted by atomic mass is 32.3. The monoisotopic (exact) mass is 437 g/mol. The van der Waals surface area contributed by atoms with Crippen LogP contribution < -0.4 is 5.73 Å². The molecule has 0 saturated heterocycles. The molecule has 0 saturated carbocycles. The standard InChI is InChI=1S/C22H46O4S.CH5N/c1-2-3-4-5-6-7-8-9-10-11-12-13-14-15-16-17-18-19-20-21-22-26-27(23,24)25;1-2/h2-22H2,1H3,(H,23,24,25);2H2,1H3. The lowest BCUT2D eigenvalue weighted by molar-refractivity contribution is -0.325. The Balaban J connectivity index is 0. The molecule has 3 N–H and O–H groups in total. The summed E-state index contributed by atoms with van der Waals surface area (Å²) >= 11 is 0. The van der Waals surface area contributed by atoms with Crippen LogP contribution in [0.3, 0.4) is 0 Å². The lowest BCUT2D eigenvalue weighted by atomic mass is 10.0. The van der Waals surface area contributed by atoms with Crippen LogP contribution in [0.5, 0.6) is 0 Å². The summed E-state index contributed by atoms with van der Waals surface area (Å²) in [6.07, 6.45) is 26.2. The van der Waals surface area contributed by atoms with E-state index in [0.29, 0.717) is 6.42 Å². The van der Waals surface area contributed by atoms with Gasteiger partial charge in [-0.25, -0.2) is 8.42 Å². The number of rotatable bonds is 22. The molecule has 0 aliphatic rings. The molecule has 0 fully saturated rings. The number of unbranched alkanes of at least 4 members (excludes halogenated alkanes) is 19. The minimum Gasteiger partial charge on any atom is -0.726 e. The normalized spacial score (nSPS) is 11.3. The van der Waals surface area contributed by atoms with E-state index in [9.17, 15) is 13.0 Å². The highest BCUT2D eigenvalue weighted by Gasteiger charge is 1.97. The molecule has 29 heavy (non-hydrogen) atoms. The highest BCUT2D eigenvalue weighted by Crippen LogP contribution is 2.14. The Labute approximate surface area is 182 Å². The van der Waals surface area contributed by atoms with Crippen molar-refractivity contribution in [2.24, 2.45) is 0 Å². The quantitative estimate of drug-likeness (QED) is 0.125. The third-order valence-corrected chi connectivity index (χ3v) is 5.68. The number of hydrogen-bond acceptors (Lipinski definition) is 4. The Hall–Kier alpha value is -0.170. The Morgan fingerprint density at radius 3 is 1.03 bits per heavy atom. The Morgan fingerprint density at radius 1 is 0.552 bits per heavy atom. The first-order chi connectivity index (χ1) is 14.1. The van der Waals surface area contributed by atoms with Gasteiger partial charge in [0.05, 0.1) is 13.7 Å². The fourth-order valence-electron chi connectivity index (χ4n) is 3.52. The van der Waals surface area contributed by atoms with E-state index >= 15 is 0 Å². The molecule has 0 heterocycles. The molecule has 0 aromatic rings. The van der Waals surface area contributed by atoms with Crippen LogP contribution in [-0.2, 0) is 14.6 Å². The molecule has 5 nitrogen and oxygen atoms in total. The second kappa shape index (κ2) is 25.9. The molecule has 6 heteroatoms. The molecule has 0 aromatic heterocycles. The van der Waals surface area contributed by atoms with Gasteiger partial charge < -0.3 is 10.3 Å². The fourth-order valence-corrected chi connectivity index (χ4v) is 3.84. The molecule has 0 aliphatic heterocycles. The third kappa shape index (κ3) is 32.7. The lowest BCUT2D eigenvalue weighted by Gasteiger charge is -2.07. The van der Waals surface area contributed by atoms with Crippen molar-refractivity contribution in [2.45, 2.75) is 135 Å². The van der Waals surface area contributed by atoms with E-state index in [1.54, 1.807) is 7.05 Å². The smallest absolute Gasteiger partial charge is 0.217 e. The molecule has 0 unspecified atom stereocenters. The third-order valence-electron chi connectivity index (χ3n) is 5.23. The summed E-state index contributed by atoms with van der Waals surface area (Å²) in [6, 6.07) is 0. The van der Waals surface area contributed by atoms with Gasteiger partial charge in [0, 0.05) is 0 Å². The van der Waals surface area contributed by atoms with Gasteiger partial charge in [0.25, 0.3) is 0 Å². The summed E-state index contributed by atoms with van der Waals surface area (Å²) in [5.74, 6) is 0. The molecule has 0 bridgehead atoms. The van der Waals surface area contributed by atoms with E-state index in [-0.39, 0.29) is 6.61 Å². The van der Waals surface area contributed by atoms with E-state index in [1.807, 2.05) is 0 Å². The van der Waals surface area contributed by atoms with Crippen molar-refractivity contribution in [3.8, 4) is 0 Å². The summed E-state index contributed by atoms with van der Waals surface area (Å²) in [5, 5.41) is 0. The minimum atomic E-state index is -4.50. The molecule has 0 spiro atoms. The maximum absolute atomic E-state index is 10.3. The van der Waals surface area contributed by atoms with E-state index in [2.05, 4.69) is 16.8 Å². The van der Waals surface area contributed by atoms with Crippen molar-refractivity contribution in [3.05, 3.63) is 0 Å². The Kier molecular flexibility index (Phi) is 27.7. The van der Waals surface area contributed by atoms with E-state index in [0.717, 1.165) is 12.8 Å². The van der Waals surface area contributed by atoms with Gasteiger partial charge in [-0.1, -0.05) is 129 Å². The van der Waals surface area contributed by atoms with Crippen LogP contribution >= 0.6 is 0 Å². The van der Waals surface area contributed by atoms with Crippen molar-refractivity contribution < 1.29 is 22.9 Å². The van der Waals surface area contributed by atoms with Crippen LogP contribution in [0.15, 0.2) is 0 Å². The minimum absolute atomic E-state index is 0.0325. The average molecular weight is 438 g/mol. The molecule has 0 rings (SSSR count). The Bertz CT molecular complexity index is 388. The van der Waals surface area contributed by atoms with Crippen LogP contribution in [0.4, 0.5) is 0 Å². The molecular weight excluding hydrogens is 386 g/mol. The molecule has 0 radical (unpaired) electrons. The number of quaternary nitrogens is 1. The van der Waals surface area contributed by atoms with E-state index in [1.165, 1.54) is 109 Å². The summed E-state index contributed by atoms with van der Waals surface area (Å²) in [5.41, 5.74) is 3.25. The van der Waals surface area contributed by atoms with Gasteiger partial charge in [0.15, 0.2) is 0 Å².